The molecular weight excluding hydrogens is 260 g/mol. The Hall–Kier alpha value is -2.41. The van der Waals surface area contributed by atoms with Crippen LogP contribution >= 0.6 is 0 Å². The molecule has 0 atom stereocenters. The molecule has 7 heteroatoms. The van der Waals surface area contributed by atoms with Crippen molar-refractivity contribution in [3.05, 3.63) is 47.6 Å². The maximum absolute atomic E-state index is 12.2. The van der Waals surface area contributed by atoms with E-state index < -0.39 is 0 Å². The normalized spacial score (nSPS) is 13.5. The number of carbonyl (C=O) groups is 1. The average molecular weight is 274 g/mol. The van der Waals surface area contributed by atoms with Crippen LogP contribution in [-0.4, -0.2) is 32.8 Å². The zero-order valence-electron chi connectivity index (χ0n) is 10.8. The van der Waals surface area contributed by atoms with Gasteiger partial charge in [-0.25, -0.2) is 0 Å². The summed E-state index contributed by atoms with van der Waals surface area (Å²) in [5.74, 6) is 0.0672. The third-order valence-corrected chi connectivity index (χ3v) is 3.15. The van der Waals surface area contributed by atoms with Crippen molar-refractivity contribution in [2.45, 2.75) is 19.7 Å². The number of fused-ring (bicyclic) bond motifs is 1. The average Bonchev–Trinajstić information content (AvgIpc) is 3.16. The molecule has 104 valence electrons. The lowest BCUT2D eigenvalue weighted by molar-refractivity contribution is 0.0705. The standard InChI is InChI=1S/C13H14N4O3/c1-2-5-19-8-11-9-6-17(7-10(9)15-16-11)13(18)12-3-4-14-20-12/h2-4H,1,5-8H2,(H,15,16). The SMILES string of the molecule is C=CCOCc1n[nH]c2c1CN(C(=O)c1ccno1)C2. The predicted molar refractivity (Wildman–Crippen MR) is 68.5 cm³/mol. The molecular formula is C13H14N4O3. The molecule has 1 N–H and O–H groups in total. The van der Waals surface area contributed by atoms with Gasteiger partial charge in [-0.3, -0.25) is 9.89 Å². The Morgan fingerprint density at radius 3 is 3.25 bits per heavy atom. The number of aromatic nitrogens is 3. The van der Waals surface area contributed by atoms with Gasteiger partial charge in [-0.15, -0.1) is 6.58 Å². The number of nitrogens with zero attached hydrogens (tertiary/aromatic N) is 3. The highest BCUT2D eigenvalue weighted by atomic mass is 16.5. The van der Waals surface area contributed by atoms with Crippen LogP contribution in [0.3, 0.4) is 0 Å². The first-order valence-corrected chi connectivity index (χ1v) is 6.23. The Balaban J connectivity index is 1.69. The number of ether oxygens (including phenoxy) is 1. The molecule has 3 heterocycles. The second-order valence-corrected chi connectivity index (χ2v) is 4.47. The largest absolute Gasteiger partial charge is 0.371 e. The molecule has 20 heavy (non-hydrogen) atoms. The number of nitrogens with one attached hydrogen (secondary N) is 1. The summed E-state index contributed by atoms with van der Waals surface area (Å²) in [4.78, 5) is 13.8. The van der Waals surface area contributed by atoms with Crippen LogP contribution in [0.2, 0.25) is 0 Å². The maximum atomic E-state index is 12.2. The quantitative estimate of drug-likeness (QED) is 0.655. The molecule has 0 saturated heterocycles. The van der Waals surface area contributed by atoms with Crippen LogP contribution in [0.4, 0.5) is 0 Å². The number of aromatic amines is 1. The second-order valence-electron chi connectivity index (χ2n) is 4.47. The fraction of sp³-hybridized carbons (Fsp3) is 0.308. The van der Waals surface area contributed by atoms with E-state index >= 15 is 0 Å². The first-order valence-electron chi connectivity index (χ1n) is 6.23. The molecule has 0 bridgehead atoms. The smallest absolute Gasteiger partial charge is 0.293 e. The summed E-state index contributed by atoms with van der Waals surface area (Å²) < 4.78 is 10.3. The number of carbonyl (C=O) groups excluding carboxylic acids is 1. The molecule has 0 fully saturated rings. The highest BCUT2D eigenvalue weighted by Crippen LogP contribution is 2.25. The summed E-state index contributed by atoms with van der Waals surface area (Å²) in [5.41, 5.74) is 2.78. The summed E-state index contributed by atoms with van der Waals surface area (Å²) in [6, 6.07) is 1.56. The lowest BCUT2D eigenvalue weighted by Gasteiger charge is -2.13. The Labute approximate surface area is 115 Å². The highest BCUT2D eigenvalue weighted by Gasteiger charge is 2.30. The van der Waals surface area contributed by atoms with E-state index in [9.17, 15) is 4.79 Å². The topological polar surface area (TPSA) is 84.2 Å². The van der Waals surface area contributed by atoms with E-state index in [1.807, 2.05) is 0 Å². The first kappa shape index (κ1) is 12.6. The Morgan fingerprint density at radius 2 is 2.50 bits per heavy atom. The van der Waals surface area contributed by atoms with Gasteiger partial charge in [0.25, 0.3) is 5.91 Å². The molecule has 3 rings (SSSR count). The van der Waals surface area contributed by atoms with Crippen molar-refractivity contribution >= 4 is 5.91 Å². The van der Waals surface area contributed by atoms with Crippen molar-refractivity contribution in [3.63, 3.8) is 0 Å². The molecule has 1 amide bonds. The minimum atomic E-state index is -0.176. The van der Waals surface area contributed by atoms with Crippen LogP contribution in [0.15, 0.2) is 29.4 Å². The monoisotopic (exact) mass is 274 g/mol. The van der Waals surface area contributed by atoms with Crippen molar-refractivity contribution in [2.75, 3.05) is 6.61 Å². The number of rotatable bonds is 5. The minimum absolute atomic E-state index is 0.176. The molecule has 1 aliphatic rings. The summed E-state index contributed by atoms with van der Waals surface area (Å²) >= 11 is 0. The van der Waals surface area contributed by atoms with Gasteiger partial charge in [0.15, 0.2) is 0 Å². The van der Waals surface area contributed by atoms with Crippen LogP contribution in [-0.2, 0) is 24.4 Å². The maximum Gasteiger partial charge on any atom is 0.293 e. The van der Waals surface area contributed by atoms with Gasteiger partial charge in [0.05, 0.1) is 43.9 Å². The lowest BCUT2D eigenvalue weighted by Crippen LogP contribution is -2.25. The van der Waals surface area contributed by atoms with Crippen LogP contribution in [0.25, 0.3) is 0 Å². The molecule has 1 aliphatic heterocycles. The molecule has 0 unspecified atom stereocenters. The molecule has 0 aromatic carbocycles. The van der Waals surface area contributed by atoms with Crippen molar-refractivity contribution in [3.8, 4) is 0 Å². The summed E-state index contributed by atoms with van der Waals surface area (Å²) in [7, 11) is 0. The number of hydrogen-bond acceptors (Lipinski definition) is 5. The summed E-state index contributed by atoms with van der Waals surface area (Å²) in [6.45, 7) is 5.46. The number of amides is 1. The van der Waals surface area contributed by atoms with Gasteiger partial charge in [0.1, 0.15) is 0 Å². The molecule has 0 radical (unpaired) electrons. The second kappa shape index (κ2) is 5.30. The molecule has 0 aliphatic carbocycles. The highest BCUT2D eigenvalue weighted by molar-refractivity contribution is 5.91. The Bertz CT molecular complexity index is 618. The Morgan fingerprint density at radius 1 is 1.60 bits per heavy atom. The van der Waals surface area contributed by atoms with Crippen LogP contribution in [0, 0.1) is 0 Å². The summed E-state index contributed by atoms with van der Waals surface area (Å²) in [6.07, 6.45) is 3.14. The third kappa shape index (κ3) is 2.23. The molecule has 7 nitrogen and oxygen atoms in total. The fourth-order valence-electron chi connectivity index (χ4n) is 2.18. The third-order valence-electron chi connectivity index (χ3n) is 3.15. The van der Waals surface area contributed by atoms with E-state index in [1.54, 1.807) is 17.0 Å². The van der Waals surface area contributed by atoms with Gasteiger partial charge in [-0.1, -0.05) is 11.2 Å². The fourth-order valence-corrected chi connectivity index (χ4v) is 2.18. The van der Waals surface area contributed by atoms with E-state index in [4.69, 9.17) is 9.26 Å². The van der Waals surface area contributed by atoms with Gasteiger partial charge in [-0.05, 0) is 0 Å². The molecule has 2 aromatic rings. The Kier molecular flexibility index (Phi) is 3.34. The van der Waals surface area contributed by atoms with E-state index in [2.05, 4.69) is 21.9 Å². The van der Waals surface area contributed by atoms with Gasteiger partial charge in [0, 0.05) is 11.6 Å². The van der Waals surface area contributed by atoms with Crippen molar-refractivity contribution in [1.82, 2.24) is 20.3 Å². The van der Waals surface area contributed by atoms with Crippen molar-refractivity contribution in [1.29, 1.82) is 0 Å². The van der Waals surface area contributed by atoms with E-state index in [0.29, 0.717) is 26.3 Å². The van der Waals surface area contributed by atoms with Gasteiger partial charge < -0.3 is 14.2 Å². The number of H-pyrrole nitrogens is 1. The first-order chi connectivity index (χ1) is 9.79. The van der Waals surface area contributed by atoms with Gasteiger partial charge in [-0.2, -0.15) is 5.10 Å². The lowest BCUT2D eigenvalue weighted by atomic mass is 10.2. The number of hydrogen-bond donors (Lipinski definition) is 1. The van der Waals surface area contributed by atoms with E-state index in [-0.39, 0.29) is 11.7 Å². The van der Waals surface area contributed by atoms with Crippen LogP contribution in [0.5, 0.6) is 0 Å². The van der Waals surface area contributed by atoms with Crippen molar-refractivity contribution < 1.29 is 14.1 Å². The minimum Gasteiger partial charge on any atom is -0.371 e. The van der Waals surface area contributed by atoms with Gasteiger partial charge in [0.2, 0.25) is 5.76 Å². The van der Waals surface area contributed by atoms with E-state index in [0.717, 1.165) is 17.0 Å². The predicted octanol–water partition coefficient (Wildman–Crippen LogP) is 1.26. The molecule has 2 aromatic heterocycles. The zero-order chi connectivity index (χ0) is 13.9. The van der Waals surface area contributed by atoms with E-state index in [1.165, 1.54) is 6.20 Å². The molecule has 0 spiro atoms. The van der Waals surface area contributed by atoms with Crippen LogP contribution in [0.1, 0.15) is 27.5 Å². The zero-order valence-corrected chi connectivity index (χ0v) is 10.8. The molecule has 0 saturated carbocycles. The van der Waals surface area contributed by atoms with Gasteiger partial charge >= 0.3 is 0 Å². The van der Waals surface area contributed by atoms with Crippen molar-refractivity contribution in [2.24, 2.45) is 0 Å². The summed E-state index contributed by atoms with van der Waals surface area (Å²) in [5, 5.41) is 10.7. The van der Waals surface area contributed by atoms with Crippen LogP contribution < -0.4 is 0 Å².